The summed E-state index contributed by atoms with van der Waals surface area (Å²) in [6, 6.07) is 8.70. The van der Waals surface area contributed by atoms with Crippen LogP contribution in [0, 0.1) is 0 Å². The predicted molar refractivity (Wildman–Crippen MR) is 84.7 cm³/mol. The molecular weight excluding hydrogens is 262 g/mol. The van der Waals surface area contributed by atoms with Crippen molar-refractivity contribution in [1.29, 1.82) is 0 Å². The fourth-order valence-corrected chi connectivity index (χ4v) is 2.11. The van der Waals surface area contributed by atoms with Gasteiger partial charge in [-0.25, -0.2) is 0 Å². The Morgan fingerprint density at radius 1 is 1.24 bits per heavy atom. The van der Waals surface area contributed by atoms with E-state index < -0.39 is 0 Å². The molecule has 0 aliphatic carbocycles. The third-order valence-corrected chi connectivity index (χ3v) is 3.39. The van der Waals surface area contributed by atoms with Crippen molar-refractivity contribution in [1.82, 2.24) is 15.2 Å². The van der Waals surface area contributed by atoms with E-state index in [2.05, 4.69) is 48.1 Å². The SMILES string of the molecule is CCN(Cc1ccc(CNC(C)C)cn1)Cc1ccco1. The number of nitrogens with one attached hydrogen (secondary N) is 1. The third kappa shape index (κ3) is 5.33. The Labute approximate surface area is 127 Å². The summed E-state index contributed by atoms with van der Waals surface area (Å²) in [5.74, 6) is 0.995. The highest BCUT2D eigenvalue weighted by Crippen LogP contribution is 2.09. The quantitative estimate of drug-likeness (QED) is 0.809. The second-order valence-electron chi connectivity index (χ2n) is 5.58. The Morgan fingerprint density at radius 3 is 2.67 bits per heavy atom. The molecule has 0 spiro atoms. The fourth-order valence-electron chi connectivity index (χ4n) is 2.11. The molecule has 0 aliphatic heterocycles. The Morgan fingerprint density at radius 2 is 2.10 bits per heavy atom. The fraction of sp³-hybridized carbons (Fsp3) is 0.471. The van der Waals surface area contributed by atoms with Crippen LogP contribution in [-0.2, 0) is 19.6 Å². The molecule has 2 heterocycles. The molecule has 4 nitrogen and oxygen atoms in total. The van der Waals surface area contributed by atoms with E-state index >= 15 is 0 Å². The summed E-state index contributed by atoms with van der Waals surface area (Å²) in [5, 5.41) is 3.40. The molecule has 0 fully saturated rings. The average Bonchev–Trinajstić information content (AvgIpc) is 2.98. The maximum Gasteiger partial charge on any atom is 0.117 e. The first-order valence-electron chi connectivity index (χ1n) is 7.59. The van der Waals surface area contributed by atoms with Crippen LogP contribution in [0.25, 0.3) is 0 Å². The molecule has 0 unspecified atom stereocenters. The van der Waals surface area contributed by atoms with E-state index in [4.69, 9.17) is 4.42 Å². The Hall–Kier alpha value is -1.65. The van der Waals surface area contributed by atoms with Crippen LogP contribution in [0.2, 0.25) is 0 Å². The molecule has 0 atom stereocenters. The van der Waals surface area contributed by atoms with Gasteiger partial charge in [-0.05, 0) is 30.3 Å². The van der Waals surface area contributed by atoms with Crippen molar-refractivity contribution in [3.05, 3.63) is 53.7 Å². The molecule has 2 aromatic heterocycles. The van der Waals surface area contributed by atoms with Gasteiger partial charge in [0.25, 0.3) is 0 Å². The molecule has 1 N–H and O–H groups in total. The predicted octanol–water partition coefficient (Wildman–Crippen LogP) is 3.19. The first kappa shape index (κ1) is 15.7. The van der Waals surface area contributed by atoms with Gasteiger partial charge in [0.1, 0.15) is 5.76 Å². The molecule has 0 radical (unpaired) electrons. The highest BCUT2D eigenvalue weighted by Gasteiger charge is 2.07. The molecule has 0 saturated heterocycles. The molecule has 0 aromatic carbocycles. The van der Waals surface area contributed by atoms with Crippen LogP contribution in [0.15, 0.2) is 41.1 Å². The summed E-state index contributed by atoms with van der Waals surface area (Å²) in [6.07, 6.45) is 3.68. The summed E-state index contributed by atoms with van der Waals surface area (Å²) >= 11 is 0. The molecule has 0 aliphatic rings. The number of nitrogens with zero attached hydrogens (tertiary/aromatic N) is 2. The first-order valence-corrected chi connectivity index (χ1v) is 7.59. The Bertz CT molecular complexity index is 505. The zero-order chi connectivity index (χ0) is 15.1. The van der Waals surface area contributed by atoms with Crippen molar-refractivity contribution in [3.63, 3.8) is 0 Å². The molecule has 0 saturated carbocycles. The van der Waals surface area contributed by atoms with Gasteiger partial charge >= 0.3 is 0 Å². The van der Waals surface area contributed by atoms with Crippen LogP contribution in [-0.4, -0.2) is 22.5 Å². The van der Waals surface area contributed by atoms with E-state index in [9.17, 15) is 0 Å². The van der Waals surface area contributed by atoms with Crippen molar-refractivity contribution in [2.45, 2.75) is 46.4 Å². The standard InChI is InChI=1S/C17H25N3O/c1-4-20(13-17-6-5-9-21-17)12-16-8-7-15(11-19-16)10-18-14(2)3/h5-9,11,14,18H,4,10,12-13H2,1-3H3. The zero-order valence-corrected chi connectivity index (χ0v) is 13.2. The molecule has 0 amide bonds. The van der Waals surface area contributed by atoms with Crippen LogP contribution in [0.3, 0.4) is 0 Å². The minimum Gasteiger partial charge on any atom is -0.468 e. The van der Waals surface area contributed by atoms with Gasteiger partial charge in [0, 0.05) is 25.3 Å². The largest absolute Gasteiger partial charge is 0.468 e. The molecule has 2 rings (SSSR count). The lowest BCUT2D eigenvalue weighted by Gasteiger charge is -2.18. The third-order valence-electron chi connectivity index (χ3n) is 3.39. The van der Waals surface area contributed by atoms with Crippen molar-refractivity contribution < 1.29 is 4.42 Å². The van der Waals surface area contributed by atoms with Gasteiger partial charge in [0.05, 0.1) is 18.5 Å². The van der Waals surface area contributed by atoms with E-state index in [1.54, 1.807) is 6.26 Å². The molecule has 4 heteroatoms. The maximum atomic E-state index is 5.41. The lowest BCUT2D eigenvalue weighted by Crippen LogP contribution is -2.23. The first-order chi connectivity index (χ1) is 10.2. The maximum absolute atomic E-state index is 5.41. The number of hydrogen-bond donors (Lipinski definition) is 1. The van der Waals surface area contributed by atoms with E-state index in [1.165, 1.54) is 5.56 Å². The van der Waals surface area contributed by atoms with Crippen LogP contribution in [0.5, 0.6) is 0 Å². The second kappa shape index (κ2) is 7.96. The lowest BCUT2D eigenvalue weighted by atomic mass is 10.2. The van der Waals surface area contributed by atoms with Gasteiger partial charge in [0.2, 0.25) is 0 Å². The summed E-state index contributed by atoms with van der Waals surface area (Å²) in [5.41, 5.74) is 2.32. The van der Waals surface area contributed by atoms with Crippen LogP contribution < -0.4 is 5.32 Å². The minimum absolute atomic E-state index is 0.494. The highest BCUT2D eigenvalue weighted by molar-refractivity contribution is 5.14. The lowest BCUT2D eigenvalue weighted by molar-refractivity contribution is 0.245. The summed E-state index contributed by atoms with van der Waals surface area (Å²) < 4.78 is 5.41. The summed E-state index contributed by atoms with van der Waals surface area (Å²) in [6.45, 7) is 9.96. The van der Waals surface area contributed by atoms with E-state index in [0.29, 0.717) is 6.04 Å². The topological polar surface area (TPSA) is 41.3 Å². The minimum atomic E-state index is 0.494. The van der Waals surface area contributed by atoms with Crippen LogP contribution in [0.1, 0.15) is 37.8 Å². The average molecular weight is 287 g/mol. The molecule has 21 heavy (non-hydrogen) atoms. The van der Waals surface area contributed by atoms with Crippen LogP contribution >= 0.6 is 0 Å². The molecule has 0 bridgehead atoms. The van der Waals surface area contributed by atoms with E-state index in [1.807, 2.05) is 18.3 Å². The smallest absolute Gasteiger partial charge is 0.117 e. The monoisotopic (exact) mass is 287 g/mol. The zero-order valence-electron chi connectivity index (χ0n) is 13.2. The van der Waals surface area contributed by atoms with Crippen molar-refractivity contribution in [3.8, 4) is 0 Å². The van der Waals surface area contributed by atoms with Gasteiger partial charge in [-0.3, -0.25) is 9.88 Å². The van der Waals surface area contributed by atoms with Gasteiger partial charge in [-0.15, -0.1) is 0 Å². The normalized spacial score (nSPS) is 11.5. The van der Waals surface area contributed by atoms with Gasteiger partial charge in [-0.1, -0.05) is 26.8 Å². The highest BCUT2D eigenvalue weighted by atomic mass is 16.3. The van der Waals surface area contributed by atoms with Crippen LogP contribution in [0.4, 0.5) is 0 Å². The Kier molecular flexibility index (Phi) is 5.96. The number of hydrogen-bond acceptors (Lipinski definition) is 4. The second-order valence-corrected chi connectivity index (χ2v) is 5.58. The van der Waals surface area contributed by atoms with E-state index in [0.717, 1.165) is 37.6 Å². The van der Waals surface area contributed by atoms with Crippen molar-refractivity contribution in [2.75, 3.05) is 6.54 Å². The van der Waals surface area contributed by atoms with E-state index in [-0.39, 0.29) is 0 Å². The van der Waals surface area contributed by atoms with Gasteiger partial charge < -0.3 is 9.73 Å². The number of rotatable bonds is 8. The van der Waals surface area contributed by atoms with Crippen molar-refractivity contribution in [2.24, 2.45) is 0 Å². The molecule has 114 valence electrons. The van der Waals surface area contributed by atoms with Crippen molar-refractivity contribution >= 4 is 0 Å². The number of aromatic nitrogens is 1. The Balaban J connectivity index is 1.88. The summed E-state index contributed by atoms with van der Waals surface area (Å²) in [7, 11) is 0. The molecule has 2 aromatic rings. The molecular formula is C17H25N3O. The van der Waals surface area contributed by atoms with Gasteiger partial charge in [-0.2, -0.15) is 0 Å². The van der Waals surface area contributed by atoms with Gasteiger partial charge in [0.15, 0.2) is 0 Å². The number of furan rings is 1. The number of pyridine rings is 1. The summed E-state index contributed by atoms with van der Waals surface area (Å²) in [4.78, 5) is 6.87.